The van der Waals surface area contributed by atoms with Crippen molar-refractivity contribution in [3.8, 4) is 5.75 Å². The highest BCUT2D eigenvalue weighted by Gasteiger charge is 2.29. The maximum atomic E-state index is 5.76. The number of hydrogen-bond acceptors (Lipinski definition) is 3. The normalized spacial score (nSPS) is 25.5. The molecule has 0 amide bonds. The molecule has 0 aliphatic carbocycles. The van der Waals surface area contributed by atoms with Gasteiger partial charge in [-0.2, -0.15) is 0 Å². The molecule has 1 aromatic carbocycles. The van der Waals surface area contributed by atoms with Gasteiger partial charge < -0.3 is 14.2 Å². The Balaban J connectivity index is 1.99. The lowest BCUT2D eigenvalue weighted by atomic mass is 10.2. The highest BCUT2D eigenvalue weighted by atomic mass is 79.9. The fourth-order valence-electron chi connectivity index (χ4n) is 1.53. The summed E-state index contributed by atoms with van der Waals surface area (Å²) < 4.78 is 17.4. The minimum Gasteiger partial charge on any atom is -0.485 e. The predicted octanol–water partition coefficient (Wildman–Crippen LogP) is 2.24. The maximum Gasteiger partial charge on any atom is 0.150 e. The fraction of sp³-hybridized carbons (Fsp3) is 0.455. The van der Waals surface area contributed by atoms with Crippen molar-refractivity contribution in [3.63, 3.8) is 0 Å². The second-order valence-electron chi connectivity index (χ2n) is 3.42. The third kappa shape index (κ3) is 2.71. The molecule has 1 aliphatic rings. The Labute approximate surface area is 97.5 Å². The van der Waals surface area contributed by atoms with Crippen molar-refractivity contribution in [2.75, 3.05) is 20.3 Å². The average Bonchev–Trinajstić information content (AvgIpc) is 2.69. The van der Waals surface area contributed by atoms with Crippen molar-refractivity contribution in [2.24, 2.45) is 0 Å². The number of benzene rings is 1. The van der Waals surface area contributed by atoms with Crippen LogP contribution in [-0.4, -0.2) is 32.5 Å². The highest BCUT2D eigenvalue weighted by Crippen LogP contribution is 2.20. The Morgan fingerprint density at radius 3 is 2.53 bits per heavy atom. The second kappa shape index (κ2) is 4.96. The molecule has 4 heteroatoms. The zero-order valence-corrected chi connectivity index (χ0v) is 10.1. The van der Waals surface area contributed by atoms with Crippen LogP contribution in [0.3, 0.4) is 0 Å². The third-order valence-electron chi connectivity index (χ3n) is 2.38. The van der Waals surface area contributed by atoms with E-state index in [1.165, 1.54) is 0 Å². The van der Waals surface area contributed by atoms with Gasteiger partial charge in [0.1, 0.15) is 11.9 Å². The molecule has 82 valence electrons. The number of rotatable bonds is 3. The van der Waals surface area contributed by atoms with Gasteiger partial charge in [0.15, 0.2) is 6.10 Å². The fourth-order valence-corrected chi connectivity index (χ4v) is 1.80. The van der Waals surface area contributed by atoms with Gasteiger partial charge in [-0.05, 0) is 24.3 Å². The largest absolute Gasteiger partial charge is 0.485 e. The van der Waals surface area contributed by atoms with Gasteiger partial charge in [0.25, 0.3) is 0 Å². The monoisotopic (exact) mass is 272 g/mol. The van der Waals surface area contributed by atoms with Crippen LogP contribution in [0.25, 0.3) is 0 Å². The van der Waals surface area contributed by atoms with Gasteiger partial charge in [-0.3, -0.25) is 0 Å². The summed E-state index contributed by atoms with van der Waals surface area (Å²) >= 11 is 3.38. The molecule has 1 fully saturated rings. The van der Waals surface area contributed by atoms with E-state index in [0.717, 1.165) is 10.2 Å². The molecular weight excluding hydrogens is 260 g/mol. The average molecular weight is 273 g/mol. The topological polar surface area (TPSA) is 27.7 Å². The Hall–Kier alpha value is -0.580. The lowest BCUT2D eigenvalue weighted by molar-refractivity contribution is 0.0326. The molecule has 2 atom stereocenters. The van der Waals surface area contributed by atoms with E-state index in [1.54, 1.807) is 7.11 Å². The first-order valence-corrected chi connectivity index (χ1v) is 5.61. The standard InChI is InChI=1S/C11H13BrO3/c1-13-10-6-14-7-11(10)15-9-4-2-8(12)3-5-9/h2-5,10-11H,6-7H2,1H3/t10-,11+/m0/s1. The van der Waals surface area contributed by atoms with Crippen molar-refractivity contribution in [2.45, 2.75) is 12.2 Å². The van der Waals surface area contributed by atoms with Crippen molar-refractivity contribution < 1.29 is 14.2 Å². The molecule has 3 nitrogen and oxygen atoms in total. The van der Waals surface area contributed by atoms with Gasteiger partial charge in [0.05, 0.1) is 13.2 Å². The van der Waals surface area contributed by atoms with Crippen LogP contribution in [0.1, 0.15) is 0 Å². The van der Waals surface area contributed by atoms with E-state index in [0.29, 0.717) is 13.2 Å². The lowest BCUT2D eigenvalue weighted by Gasteiger charge is -2.17. The Bertz CT molecular complexity index is 312. The first-order valence-electron chi connectivity index (χ1n) is 4.82. The Morgan fingerprint density at radius 2 is 1.87 bits per heavy atom. The predicted molar refractivity (Wildman–Crippen MR) is 60.2 cm³/mol. The summed E-state index contributed by atoms with van der Waals surface area (Å²) in [5.41, 5.74) is 0. The van der Waals surface area contributed by atoms with E-state index in [-0.39, 0.29) is 12.2 Å². The van der Waals surface area contributed by atoms with Crippen LogP contribution in [-0.2, 0) is 9.47 Å². The van der Waals surface area contributed by atoms with Crippen LogP contribution in [0.5, 0.6) is 5.75 Å². The number of ether oxygens (including phenoxy) is 3. The minimum atomic E-state index is -0.00354. The molecule has 1 heterocycles. The Morgan fingerprint density at radius 1 is 1.20 bits per heavy atom. The van der Waals surface area contributed by atoms with Crippen molar-refractivity contribution in [3.05, 3.63) is 28.7 Å². The van der Waals surface area contributed by atoms with E-state index >= 15 is 0 Å². The molecule has 0 radical (unpaired) electrons. The van der Waals surface area contributed by atoms with Gasteiger partial charge in [-0.15, -0.1) is 0 Å². The molecular formula is C11H13BrO3. The van der Waals surface area contributed by atoms with E-state index < -0.39 is 0 Å². The van der Waals surface area contributed by atoms with Crippen LogP contribution < -0.4 is 4.74 Å². The van der Waals surface area contributed by atoms with E-state index in [1.807, 2.05) is 24.3 Å². The van der Waals surface area contributed by atoms with Crippen molar-refractivity contribution in [1.29, 1.82) is 0 Å². The zero-order chi connectivity index (χ0) is 10.7. The smallest absolute Gasteiger partial charge is 0.150 e. The van der Waals surface area contributed by atoms with Gasteiger partial charge in [0.2, 0.25) is 0 Å². The van der Waals surface area contributed by atoms with Crippen molar-refractivity contribution in [1.82, 2.24) is 0 Å². The van der Waals surface area contributed by atoms with Gasteiger partial charge in [0, 0.05) is 11.6 Å². The molecule has 0 unspecified atom stereocenters. The molecule has 0 N–H and O–H groups in total. The summed E-state index contributed by atoms with van der Waals surface area (Å²) in [4.78, 5) is 0. The van der Waals surface area contributed by atoms with Crippen LogP contribution in [0, 0.1) is 0 Å². The molecule has 0 bridgehead atoms. The van der Waals surface area contributed by atoms with E-state index in [4.69, 9.17) is 14.2 Å². The van der Waals surface area contributed by atoms with Crippen LogP contribution in [0.15, 0.2) is 28.7 Å². The molecule has 15 heavy (non-hydrogen) atoms. The number of methoxy groups -OCH3 is 1. The number of hydrogen-bond donors (Lipinski definition) is 0. The van der Waals surface area contributed by atoms with Gasteiger partial charge >= 0.3 is 0 Å². The summed E-state index contributed by atoms with van der Waals surface area (Å²) in [6, 6.07) is 7.75. The molecule has 1 aromatic rings. The third-order valence-corrected chi connectivity index (χ3v) is 2.91. The quantitative estimate of drug-likeness (QED) is 0.845. The summed E-state index contributed by atoms with van der Waals surface area (Å²) in [5.74, 6) is 0.843. The Kier molecular flexibility index (Phi) is 3.61. The first-order chi connectivity index (χ1) is 7.29. The van der Waals surface area contributed by atoms with Crippen molar-refractivity contribution >= 4 is 15.9 Å². The molecule has 0 spiro atoms. The lowest BCUT2D eigenvalue weighted by Crippen LogP contribution is -2.31. The van der Waals surface area contributed by atoms with E-state index in [9.17, 15) is 0 Å². The van der Waals surface area contributed by atoms with Crippen LogP contribution in [0.2, 0.25) is 0 Å². The van der Waals surface area contributed by atoms with Crippen LogP contribution >= 0.6 is 15.9 Å². The maximum absolute atomic E-state index is 5.76. The second-order valence-corrected chi connectivity index (χ2v) is 4.34. The van der Waals surface area contributed by atoms with Gasteiger partial charge in [-0.25, -0.2) is 0 Å². The summed E-state index contributed by atoms with van der Waals surface area (Å²) in [6.07, 6.45) is 0.0322. The minimum absolute atomic E-state index is 0.00354. The highest BCUT2D eigenvalue weighted by molar-refractivity contribution is 9.10. The van der Waals surface area contributed by atoms with Crippen LogP contribution in [0.4, 0.5) is 0 Å². The first kappa shape index (κ1) is 10.9. The molecule has 0 saturated carbocycles. The summed E-state index contributed by atoms with van der Waals surface area (Å²) in [5, 5.41) is 0. The van der Waals surface area contributed by atoms with Gasteiger partial charge in [-0.1, -0.05) is 15.9 Å². The molecule has 1 aliphatic heterocycles. The zero-order valence-electron chi connectivity index (χ0n) is 8.48. The number of halogens is 1. The molecule has 2 rings (SSSR count). The molecule has 0 aromatic heterocycles. The summed E-state index contributed by atoms with van der Waals surface area (Å²) in [6.45, 7) is 1.20. The van der Waals surface area contributed by atoms with E-state index in [2.05, 4.69) is 15.9 Å². The molecule has 1 saturated heterocycles. The summed E-state index contributed by atoms with van der Waals surface area (Å²) in [7, 11) is 1.68. The SMILES string of the molecule is CO[C@H]1COC[C@H]1Oc1ccc(Br)cc1.